The maximum atomic E-state index is 11.8. The lowest BCUT2D eigenvalue weighted by Crippen LogP contribution is -2.22. The quantitative estimate of drug-likeness (QED) is 0.766. The maximum absolute atomic E-state index is 11.8. The zero-order valence-corrected chi connectivity index (χ0v) is 10.8. The number of hydrogen-bond donors (Lipinski definition) is 0. The third kappa shape index (κ3) is 2.46. The van der Waals surface area contributed by atoms with Crippen LogP contribution in [0.4, 0.5) is 0 Å². The molecule has 1 aliphatic rings. The summed E-state index contributed by atoms with van der Waals surface area (Å²) in [5.41, 5.74) is 1.81. The van der Waals surface area contributed by atoms with Crippen molar-refractivity contribution in [3.63, 3.8) is 0 Å². The molecular formula is C15H18O3. The van der Waals surface area contributed by atoms with E-state index in [0.29, 0.717) is 12.2 Å². The fraction of sp³-hybridized carbons (Fsp3) is 0.400. The van der Waals surface area contributed by atoms with Gasteiger partial charge in [-0.3, -0.25) is 0 Å². The highest BCUT2D eigenvalue weighted by Crippen LogP contribution is 2.37. The van der Waals surface area contributed by atoms with Crippen LogP contribution in [0.1, 0.15) is 24.8 Å². The SMILES string of the molecule is CCO[C@@H]1CC=C(C(=O)OC)[C@@H]1c1ccccc1. The second-order valence-corrected chi connectivity index (χ2v) is 4.27. The van der Waals surface area contributed by atoms with E-state index < -0.39 is 0 Å². The number of esters is 1. The minimum atomic E-state index is -0.258. The van der Waals surface area contributed by atoms with E-state index in [-0.39, 0.29) is 18.0 Å². The minimum absolute atomic E-state index is 0.0152. The third-order valence-electron chi connectivity index (χ3n) is 3.24. The predicted molar refractivity (Wildman–Crippen MR) is 69.3 cm³/mol. The van der Waals surface area contributed by atoms with Crippen molar-refractivity contribution in [1.82, 2.24) is 0 Å². The van der Waals surface area contributed by atoms with Crippen LogP contribution in [0, 0.1) is 0 Å². The zero-order chi connectivity index (χ0) is 13.0. The van der Waals surface area contributed by atoms with Crippen LogP contribution in [0.15, 0.2) is 42.0 Å². The van der Waals surface area contributed by atoms with Crippen molar-refractivity contribution in [2.75, 3.05) is 13.7 Å². The van der Waals surface area contributed by atoms with Gasteiger partial charge in [-0.15, -0.1) is 0 Å². The summed E-state index contributed by atoms with van der Waals surface area (Å²) in [6.07, 6.45) is 2.73. The molecule has 2 atom stereocenters. The second-order valence-electron chi connectivity index (χ2n) is 4.27. The molecule has 0 spiro atoms. The number of rotatable bonds is 4. The molecule has 0 bridgehead atoms. The first-order valence-electron chi connectivity index (χ1n) is 6.22. The molecule has 0 N–H and O–H groups in total. The zero-order valence-electron chi connectivity index (χ0n) is 10.8. The highest BCUT2D eigenvalue weighted by Gasteiger charge is 2.35. The Balaban J connectivity index is 2.30. The van der Waals surface area contributed by atoms with Crippen LogP contribution in [0.3, 0.4) is 0 Å². The Kier molecular flexibility index (Phi) is 4.15. The van der Waals surface area contributed by atoms with E-state index >= 15 is 0 Å². The number of ether oxygens (including phenoxy) is 2. The normalized spacial score (nSPS) is 22.7. The van der Waals surface area contributed by atoms with Crippen LogP contribution in [0.2, 0.25) is 0 Å². The van der Waals surface area contributed by atoms with E-state index in [2.05, 4.69) is 0 Å². The monoisotopic (exact) mass is 246 g/mol. The third-order valence-corrected chi connectivity index (χ3v) is 3.24. The molecule has 1 aliphatic carbocycles. The average Bonchev–Trinajstić information content (AvgIpc) is 2.83. The number of carbonyl (C=O) groups excluding carboxylic acids is 1. The first-order chi connectivity index (χ1) is 8.77. The lowest BCUT2D eigenvalue weighted by molar-refractivity contribution is -0.136. The lowest BCUT2D eigenvalue weighted by atomic mass is 9.90. The van der Waals surface area contributed by atoms with Gasteiger partial charge >= 0.3 is 5.97 Å². The number of carbonyl (C=O) groups is 1. The van der Waals surface area contributed by atoms with Crippen molar-refractivity contribution in [3.05, 3.63) is 47.5 Å². The van der Waals surface area contributed by atoms with Crippen LogP contribution in [-0.4, -0.2) is 25.8 Å². The van der Waals surface area contributed by atoms with Crippen LogP contribution < -0.4 is 0 Å². The van der Waals surface area contributed by atoms with Gasteiger partial charge in [0.05, 0.1) is 13.2 Å². The molecule has 0 fully saturated rings. The van der Waals surface area contributed by atoms with E-state index in [9.17, 15) is 4.79 Å². The molecular weight excluding hydrogens is 228 g/mol. The van der Waals surface area contributed by atoms with Gasteiger partial charge < -0.3 is 9.47 Å². The van der Waals surface area contributed by atoms with Gasteiger partial charge in [0, 0.05) is 18.1 Å². The summed E-state index contributed by atoms with van der Waals surface area (Å²) in [5.74, 6) is -0.273. The molecule has 0 unspecified atom stereocenters. The number of benzene rings is 1. The molecule has 96 valence electrons. The Hall–Kier alpha value is -1.61. The van der Waals surface area contributed by atoms with Crippen LogP contribution >= 0.6 is 0 Å². The molecule has 1 aromatic rings. The van der Waals surface area contributed by atoms with Gasteiger partial charge in [0.1, 0.15) is 0 Å². The van der Waals surface area contributed by atoms with Crippen molar-refractivity contribution in [1.29, 1.82) is 0 Å². The Morgan fingerprint density at radius 3 is 2.67 bits per heavy atom. The maximum Gasteiger partial charge on any atom is 0.334 e. The largest absolute Gasteiger partial charge is 0.466 e. The molecule has 3 heteroatoms. The van der Waals surface area contributed by atoms with Crippen molar-refractivity contribution >= 4 is 5.97 Å². The number of hydrogen-bond acceptors (Lipinski definition) is 3. The summed E-state index contributed by atoms with van der Waals surface area (Å²) in [6, 6.07) is 9.98. The summed E-state index contributed by atoms with van der Waals surface area (Å²) in [4.78, 5) is 11.8. The van der Waals surface area contributed by atoms with Gasteiger partial charge in [0.2, 0.25) is 0 Å². The Morgan fingerprint density at radius 2 is 2.06 bits per heavy atom. The molecule has 3 nitrogen and oxygen atoms in total. The van der Waals surface area contributed by atoms with E-state index in [1.807, 2.05) is 43.3 Å². The summed E-state index contributed by atoms with van der Waals surface area (Å²) in [6.45, 7) is 2.62. The first-order valence-corrected chi connectivity index (χ1v) is 6.22. The van der Waals surface area contributed by atoms with Gasteiger partial charge in [-0.1, -0.05) is 36.4 Å². The van der Waals surface area contributed by atoms with Crippen molar-refractivity contribution in [2.24, 2.45) is 0 Å². The fourth-order valence-electron chi connectivity index (χ4n) is 2.47. The molecule has 1 aromatic carbocycles. The van der Waals surface area contributed by atoms with Crippen molar-refractivity contribution < 1.29 is 14.3 Å². The summed E-state index contributed by atoms with van der Waals surface area (Å²) >= 11 is 0. The Labute approximate surface area is 107 Å². The van der Waals surface area contributed by atoms with Crippen LogP contribution in [0.25, 0.3) is 0 Å². The molecule has 0 aromatic heterocycles. The second kappa shape index (κ2) is 5.83. The summed E-state index contributed by atoms with van der Waals surface area (Å²) < 4.78 is 10.6. The molecule has 2 rings (SSSR count). The highest BCUT2D eigenvalue weighted by molar-refractivity contribution is 5.91. The molecule has 0 heterocycles. The summed E-state index contributed by atoms with van der Waals surface area (Å²) in [5, 5.41) is 0. The molecule has 0 radical (unpaired) electrons. The topological polar surface area (TPSA) is 35.5 Å². The molecule has 18 heavy (non-hydrogen) atoms. The molecule has 0 amide bonds. The van der Waals surface area contributed by atoms with Crippen molar-refractivity contribution in [3.8, 4) is 0 Å². The Bertz CT molecular complexity index is 436. The van der Waals surface area contributed by atoms with Gasteiger partial charge in [0.25, 0.3) is 0 Å². The number of methoxy groups -OCH3 is 1. The summed E-state index contributed by atoms with van der Waals surface area (Å²) in [7, 11) is 1.42. The minimum Gasteiger partial charge on any atom is -0.466 e. The Morgan fingerprint density at radius 1 is 1.33 bits per heavy atom. The first kappa shape index (κ1) is 12.8. The lowest BCUT2D eigenvalue weighted by Gasteiger charge is -2.22. The highest BCUT2D eigenvalue weighted by atomic mass is 16.5. The van der Waals surface area contributed by atoms with E-state index in [0.717, 1.165) is 12.0 Å². The van der Waals surface area contributed by atoms with Gasteiger partial charge in [0.15, 0.2) is 0 Å². The standard InChI is InChI=1S/C15H18O3/c1-3-18-13-10-9-12(15(16)17-2)14(13)11-7-5-4-6-8-11/h4-9,13-14H,3,10H2,1-2H3/t13-,14+/m1/s1. The van der Waals surface area contributed by atoms with Crippen LogP contribution in [0.5, 0.6) is 0 Å². The smallest absolute Gasteiger partial charge is 0.334 e. The molecule has 0 saturated carbocycles. The van der Waals surface area contributed by atoms with Crippen LogP contribution in [-0.2, 0) is 14.3 Å². The molecule has 0 saturated heterocycles. The van der Waals surface area contributed by atoms with E-state index in [1.54, 1.807) is 0 Å². The van der Waals surface area contributed by atoms with Gasteiger partial charge in [-0.25, -0.2) is 4.79 Å². The van der Waals surface area contributed by atoms with E-state index in [1.165, 1.54) is 7.11 Å². The predicted octanol–water partition coefficient (Wildman–Crippen LogP) is 2.68. The van der Waals surface area contributed by atoms with Gasteiger partial charge in [-0.05, 0) is 18.9 Å². The molecule has 0 aliphatic heterocycles. The van der Waals surface area contributed by atoms with E-state index in [4.69, 9.17) is 9.47 Å². The fourth-order valence-corrected chi connectivity index (χ4v) is 2.47. The van der Waals surface area contributed by atoms with Gasteiger partial charge in [-0.2, -0.15) is 0 Å². The van der Waals surface area contributed by atoms with Crippen molar-refractivity contribution in [2.45, 2.75) is 25.4 Å². The average molecular weight is 246 g/mol.